The van der Waals surface area contributed by atoms with Gasteiger partial charge in [-0.1, -0.05) is 42.5 Å². The molecule has 1 aromatic heterocycles. The van der Waals surface area contributed by atoms with Gasteiger partial charge < -0.3 is 10.2 Å². The van der Waals surface area contributed by atoms with Crippen LogP contribution in [0.3, 0.4) is 0 Å². The summed E-state index contributed by atoms with van der Waals surface area (Å²) in [5.41, 5.74) is 7.71. The predicted molar refractivity (Wildman–Crippen MR) is 91.4 cm³/mol. The third-order valence-electron chi connectivity index (χ3n) is 4.58. The van der Waals surface area contributed by atoms with Gasteiger partial charge in [-0.3, -0.25) is 9.59 Å². The summed E-state index contributed by atoms with van der Waals surface area (Å²) in [6.07, 6.45) is 0. The molecule has 1 aliphatic rings. The number of hydrogen-bond acceptors (Lipinski definition) is 4. The van der Waals surface area contributed by atoms with Crippen LogP contribution in [0.15, 0.2) is 59.0 Å². The van der Waals surface area contributed by atoms with Crippen molar-refractivity contribution < 1.29 is 14.0 Å². The van der Waals surface area contributed by atoms with Gasteiger partial charge in [0.2, 0.25) is 11.6 Å². The molecule has 0 unspecified atom stereocenters. The summed E-state index contributed by atoms with van der Waals surface area (Å²) in [7, 11) is 0. The van der Waals surface area contributed by atoms with Crippen molar-refractivity contribution in [2.24, 2.45) is 0 Å². The molecule has 0 aliphatic heterocycles. The second-order valence-corrected chi connectivity index (χ2v) is 5.90. The van der Waals surface area contributed by atoms with Crippen LogP contribution in [0, 0.1) is 0 Å². The molecule has 1 heterocycles. The number of benzene rings is 3. The van der Waals surface area contributed by atoms with Gasteiger partial charge in [0.15, 0.2) is 5.76 Å². The van der Waals surface area contributed by atoms with Crippen molar-refractivity contribution in [3.63, 3.8) is 0 Å². The minimum absolute atomic E-state index is 0.101. The zero-order valence-electron chi connectivity index (χ0n) is 12.5. The first-order valence-electron chi connectivity index (χ1n) is 7.59. The lowest BCUT2D eigenvalue weighted by atomic mass is 9.86. The number of nitrogen functional groups attached to an aromatic ring is 1. The fourth-order valence-electron chi connectivity index (χ4n) is 3.47. The highest BCUT2D eigenvalue weighted by Gasteiger charge is 2.36. The first kappa shape index (κ1) is 13.1. The van der Waals surface area contributed by atoms with E-state index in [9.17, 15) is 9.59 Å². The van der Waals surface area contributed by atoms with Crippen LogP contribution in [-0.2, 0) is 0 Å². The molecule has 4 heteroatoms. The molecule has 24 heavy (non-hydrogen) atoms. The number of carbonyl (C=O) groups is 2. The molecule has 0 spiro atoms. The summed E-state index contributed by atoms with van der Waals surface area (Å²) in [6.45, 7) is 0. The minimum Gasteiger partial charge on any atom is -0.451 e. The molecule has 4 aromatic rings. The van der Waals surface area contributed by atoms with E-state index >= 15 is 0 Å². The van der Waals surface area contributed by atoms with Crippen molar-refractivity contribution >= 4 is 39.0 Å². The van der Waals surface area contributed by atoms with Crippen molar-refractivity contribution in [2.45, 2.75) is 0 Å². The highest BCUT2D eigenvalue weighted by atomic mass is 16.3. The Balaban J connectivity index is 1.94. The maximum atomic E-state index is 13.0. The van der Waals surface area contributed by atoms with Crippen LogP contribution in [-0.4, -0.2) is 11.6 Å². The second kappa shape index (κ2) is 4.32. The Hall–Kier alpha value is -3.40. The fraction of sp³-hybridized carbons (Fsp3) is 0. The standard InChI is InChI=1S/C20H11NO3/c21-14-7-3-6-12-15(14)18(23)16-13-9-8-10-4-1-2-5-11(10)19(13)24-20(16)17(12)22/h1-9H,21H2. The number of ketones is 2. The number of fused-ring (bicyclic) bond motifs is 6. The zero-order valence-corrected chi connectivity index (χ0v) is 12.5. The highest BCUT2D eigenvalue weighted by Crippen LogP contribution is 2.39. The topological polar surface area (TPSA) is 73.3 Å². The monoisotopic (exact) mass is 313 g/mol. The van der Waals surface area contributed by atoms with E-state index in [1.807, 2.05) is 36.4 Å². The Kier molecular flexibility index (Phi) is 2.36. The van der Waals surface area contributed by atoms with E-state index in [-0.39, 0.29) is 22.9 Å². The quantitative estimate of drug-likeness (QED) is 0.439. The largest absolute Gasteiger partial charge is 0.451 e. The Labute approximate surface area is 136 Å². The van der Waals surface area contributed by atoms with Gasteiger partial charge in [-0.05, 0) is 17.5 Å². The smallest absolute Gasteiger partial charge is 0.229 e. The molecule has 0 saturated heterocycles. The van der Waals surface area contributed by atoms with Crippen LogP contribution < -0.4 is 5.73 Å². The molecule has 0 bridgehead atoms. The third kappa shape index (κ3) is 1.47. The van der Waals surface area contributed by atoms with Gasteiger partial charge in [0.1, 0.15) is 5.58 Å². The van der Waals surface area contributed by atoms with Crippen molar-refractivity contribution in [1.82, 2.24) is 0 Å². The number of carbonyl (C=O) groups excluding carboxylic acids is 2. The van der Waals surface area contributed by atoms with Gasteiger partial charge in [-0.15, -0.1) is 0 Å². The van der Waals surface area contributed by atoms with Crippen molar-refractivity contribution in [3.8, 4) is 0 Å². The van der Waals surface area contributed by atoms with E-state index in [1.165, 1.54) is 0 Å². The van der Waals surface area contributed by atoms with Gasteiger partial charge in [0.25, 0.3) is 0 Å². The van der Waals surface area contributed by atoms with Crippen molar-refractivity contribution in [2.75, 3.05) is 5.73 Å². The minimum atomic E-state index is -0.299. The molecular formula is C20H11NO3. The van der Waals surface area contributed by atoms with E-state index in [0.29, 0.717) is 27.8 Å². The molecule has 1 aliphatic carbocycles. The van der Waals surface area contributed by atoms with Crippen LogP contribution in [0.25, 0.3) is 21.7 Å². The Morgan fingerprint density at radius 1 is 0.750 bits per heavy atom. The lowest BCUT2D eigenvalue weighted by Gasteiger charge is -2.14. The van der Waals surface area contributed by atoms with E-state index in [4.69, 9.17) is 10.2 Å². The molecular weight excluding hydrogens is 302 g/mol. The van der Waals surface area contributed by atoms with E-state index < -0.39 is 0 Å². The van der Waals surface area contributed by atoms with Crippen molar-refractivity contribution in [3.05, 3.63) is 77.0 Å². The van der Waals surface area contributed by atoms with Crippen LogP contribution in [0.1, 0.15) is 32.0 Å². The second-order valence-electron chi connectivity index (χ2n) is 5.90. The Morgan fingerprint density at radius 3 is 2.46 bits per heavy atom. The number of furan rings is 1. The molecule has 3 aromatic carbocycles. The molecule has 0 fully saturated rings. The summed E-state index contributed by atoms with van der Waals surface area (Å²) >= 11 is 0. The van der Waals surface area contributed by atoms with Gasteiger partial charge >= 0.3 is 0 Å². The summed E-state index contributed by atoms with van der Waals surface area (Å²) in [5, 5.41) is 2.52. The molecule has 4 nitrogen and oxygen atoms in total. The van der Waals surface area contributed by atoms with Gasteiger partial charge in [-0.25, -0.2) is 0 Å². The third-order valence-corrected chi connectivity index (χ3v) is 4.58. The SMILES string of the molecule is Nc1cccc2c1C(=O)c1c(oc3c1ccc1ccccc13)C2=O. The Morgan fingerprint density at radius 2 is 1.58 bits per heavy atom. The summed E-state index contributed by atoms with van der Waals surface area (Å²) in [4.78, 5) is 25.8. The average molecular weight is 313 g/mol. The van der Waals surface area contributed by atoms with Crippen molar-refractivity contribution in [1.29, 1.82) is 0 Å². The van der Waals surface area contributed by atoms with Crippen LogP contribution in [0.4, 0.5) is 5.69 Å². The van der Waals surface area contributed by atoms with Gasteiger partial charge in [0.05, 0.1) is 11.1 Å². The summed E-state index contributed by atoms with van der Waals surface area (Å²) < 4.78 is 5.87. The normalized spacial score (nSPS) is 13.3. The van der Waals surface area contributed by atoms with Crippen LogP contribution in [0.2, 0.25) is 0 Å². The molecule has 114 valence electrons. The first-order chi connectivity index (χ1) is 11.7. The number of nitrogens with two attached hydrogens (primary N) is 1. The predicted octanol–water partition coefficient (Wildman–Crippen LogP) is 3.94. The first-order valence-corrected chi connectivity index (χ1v) is 7.59. The number of anilines is 1. The van der Waals surface area contributed by atoms with E-state index in [0.717, 1.165) is 10.8 Å². The summed E-state index contributed by atoms with van der Waals surface area (Å²) in [6, 6.07) is 16.4. The molecule has 0 amide bonds. The van der Waals surface area contributed by atoms with E-state index in [2.05, 4.69) is 0 Å². The van der Waals surface area contributed by atoms with Crippen LogP contribution >= 0.6 is 0 Å². The number of rotatable bonds is 0. The molecule has 0 atom stereocenters. The maximum absolute atomic E-state index is 13.0. The maximum Gasteiger partial charge on any atom is 0.229 e. The molecule has 2 N–H and O–H groups in total. The fourth-order valence-corrected chi connectivity index (χ4v) is 3.47. The Bertz CT molecular complexity index is 1200. The van der Waals surface area contributed by atoms with Gasteiger partial charge in [-0.2, -0.15) is 0 Å². The highest BCUT2D eigenvalue weighted by molar-refractivity contribution is 6.33. The number of hydrogen-bond donors (Lipinski definition) is 1. The molecule has 0 radical (unpaired) electrons. The molecule has 0 saturated carbocycles. The lowest BCUT2D eigenvalue weighted by Crippen LogP contribution is -2.20. The summed E-state index contributed by atoms with van der Waals surface area (Å²) in [5.74, 6) is -0.455. The van der Waals surface area contributed by atoms with Gasteiger partial charge in [0, 0.05) is 22.0 Å². The molecule has 5 rings (SSSR count). The average Bonchev–Trinajstić information content (AvgIpc) is 3.00. The van der Waals surface area contributed by atoms with Crippen LogP contribution in [0.5, 0.6) is 0 Å². The zero-order chi connectivity index (χ0) is 16.4. The lowest BCUT2D eigenvalue weighted by molar-refractivity contribution is 0.0963. The van der Waals surface area contributed by atoms with E-state index in [1.54, 1.807) is 18.2 Å².